The first-order valence-corrected chi connectivity index (χ1v) is 10.2. The summed E-state index contributed by atoms with van der Waals surface area (Å²) in [6, 6.07) is 16.4. The monoisotopic (exact) mass is 384 g/mol. The van der Waals surface area contributed by atoms with Gasteiger partial charge in [-0.1, -0.05) is 35.9 Å². The molecule has 0 aliphatic rings. The molecule has 0 spiro atoms. The lowest BCUT2D eigenvalue weighted by Gasteiger charge is -2.06. The van der Waals surface area contributed by atoms with Crippen molar-refractivity contribution in [1.82, 2.24) is 4.98 Å². The van der Waals surface area contributed by atoms with Gasteiger partial charge in [-0.3, -0.25) is 4.79 Å². The molecule has 0 saturated carbocycles. The van der Waals surface area contributed by atoms with Crippen molar-refractivity contribution in [2.75, 3.05) is 11.1 Å². The van der Waals surface area contributed by atoms with E-state index in [2.05, 4.69) is 10.3 Å². The molecule has 0 fully saturated rings. The average molecular weight is 384 g/mol. The molecule has 140 valence electrons. The molecule has 0 bridgehead atoms. The zero-order chi connectivity index (χ0) is 19.4. The highest BCUT2D eigenvalue weighted by Crippen LogP contribution is 2.22. The third kappa shape index (κ3) is 5.04. The number of amides is 1. The summed E-state index contributed by atoms with van der Waals surface area (Å²) in [5, 5.41) is 2.59. The van der Waals surface area contributed by atoms with Gasteiger partial charge in [-0.25, -0.2) is 13.4 Å². The Labute approximate surface area is 158 Å². The second-order valence-electron chi connectivity index (χ2n) is 6.33. The Bertz CT molecular complexity index is 1040. The summed E-state index contributed by atoms with van der Waals surface area (Å²) in [5.41, 5.74) is 2.69. The van der Waals surface area contributed by atoms with Crippen molar-refractivity contribution in [3.63, 3.8) is 0 Å². The summed E-state index contributed by atoms with van der Waals surface area (Å²) in [5.74, 6) is -0.758. The summed E-state index contributed by atoms with van der Waals surface area (Å²) in [6.07, 6.45) is 0. The summed E-state index contributed by atoms with van der Waals surface area (Å²) in [6.45, 7) is 3.59. The fourth-order valence-corrected chi connectivity index (χ4v) is 3.82. The molecule has 0 atom stereocenters. The minimum Gasteiger partial charge on any atom is -0.441 e. The largest absolute Gasteiger partial charge is 0.441 e. The number of sulfone groups is 1. The highest BCUT2D eigenvalue weighted by Gasteiger charge is 2.22. The van der Waals surface area contributed by atoms with E-state index in [-0.39, 0.29) is 5.75 Å². The first-order chi connectivity index (χ1) is 12.8. The normalized spacial score (nSPS) is 11.3. The van der Waals surface area contributed by atoms with Crippen molar-refractivity contribution < 1.29 is 17.6 Å². The first-order valence-electron chi connectivity index (χ1n) is 8.41. The summed E-state index contributed by atoms with van der Waals surface area (Å²) in [7, 11) is -3.69. The van der Waals surface area contributed by atoms with Gasteiger partial charge in [-0.15, -0.1) is 0 Å². The van der Waals surface area contributed by atoms with Crippen molar-refractivity contribution in [2.45, 2.75) is 19.6 Å². The average Bonchev–Trinajstić information content (AvgIpc) is 2.97. The minimum atomic E-state index is -3.69. The molecule has 0 unspecified atom stereocenters. The van der Waals surface area contributed by atoms with Gasteiger partial charge in [0.15, 0.2) is 9.84 Å². The zero-order valence-corrected chi connectivity index (χ0v) is 15.9. The second kappa shape index (κ2) is 7.75. The lowest BCUT2D eigenvalue weighted by Crippen LogP contribution is -2.24. The van der Waals surface area contributed by atoms with E-state index in [9.17, 15) is 13.2 Å². The Morgan fingerprint density at radius 3 is 2.37 bits per heavy atom. The van der Waals surface area contributed by atoms with Crippen LogP contribution in [0.3, 0.4) is 0 Å². The van der Waals surface area contributed by atoms with E-state index in [4.69, 9.17) is 4.42 Å². The van der Waals surface area contributed by atoms with Crippen LogP contribution in [-0.4, -0.2) is 25.1 Å². The van der Waals surface area contributed by atoms with Gasteiger partial charge in [0.05, 0.1) is 11.4 Å². The maximum absolute atomic E-state index is 12.4. The number of carbonyl (C=O) groups excluding carboxylic acids is 1. The van der Waals surface area contributed by atoms with Crippen molar-refractivity contribution in [1.29, 1.82) is 0 Å². The molecule has 7 heteroatoms. The topological polar surface area (TPSA) is 89.3 Å². The summed E-state index contributed by atoms with van der Waals surface area (Å²) >= 11 is 0. The number of hydrogen-bond acceptors (Lipinski definition) is 5. The number of carbonyl (C=O) groups is 1. The maximum Gasteiger partial charge on any atom is 0.239 e. The fourth-order valence-electron chi connectivity index (χ4n) is 2.56. The van der Waals surface area contributed by atoms with Crippen LogP contribution in [0.2, 0.25) is 0 Å². The Morgan fingerprint density at radius 1 is 1.04 bits per heavy atom. The molecule has 1 aromatic heterocycles. The third-order valence-corrected chi connectivity index (χ3v) is 5.37. The Hall–Kier alpha value is -2.93. The smallest absolute Gasteiger partial charge is 0.239 e. The Balaban J connectivity index is 1.68. The van der Waals surface area contributed by atoms with E-state index >= 15 is 0 Å². The van der Waals surface area contributed by atoms with E-state index in [0.717, 1.165) is 11.1 Å². The maximum atomic E-state index is 12.4. The van der Waals surface area contributed by atoms with Crippen LogP contribution in [0.25, 0.3) is 11.5 Å². The van der Waals surface area contributed by atoms with Gasteiger partial charge >= 0.3 is 0 Å². The molecule has 3 rings (SSSR count). The number of aryl methyl sites for hydroxylation is 2. The van der Waals surface area contributed by atoms with Crippen LogP contribution < -0.4 is 5.32 Å². The number of anilines is 1. The van der Waals surface area contributed by atoms with Gasteiger partial charge in [-0.05, 0) is 38.1 Å². The lowest BCUT2D eigenvalue weighted by molar-refractivity contribution is -0.113. The predicted octanol–water partition coefficient (Wildman–Crippen LogP) is 3.51. The molecule has 0 radical (unpaired) electrons. The highest BCUT2D eigenvalue weighted by atomic mass is 32.2. The van der Waals surface area contributed by atoms with Crippen LogP contribution >= 0.6 is 0 Å². The Kier molecular flexibility index (Phi) is 5.41. The highest BCUT2D eigenvalue weighted by molar-refractivity contribution is 7.91. The number of oxazole rings is 1. The minimum absolute atomic E-state index is 0.317. The van der Waals surface area contributed by atoms with Crippen LogP contribution in [0, 0.1) is 13.8 Å². The van der Waals surface area contributed by atoms with E-state index in [1.165, 1.54) is 0 Å². The van der Waals surface area contributed by atoms with Gasteiger partial charge in [0, 0.05) is 11.3 Å². The zero-order valence-electron chi connectivity index (χ0n) is 15.1. The molecule has 1 amide bonds. The van der Waals surface area contributed by atoms with Crippen LogP contribution in [0.5, 0.6) is 0 Å². The molecule has 2 aromatic carbocycles. The first kappa shape index (κ1) is 18.8. The van der Waals surface area contributed by atoms with Crippen LogP contribution in [-0.2, 0) is 20.4 Å². The van der Waals surface area contributed by atoms with Gasteiger partial charge in [0.2, 0.25) is 11.8 Å². The summed E-state index contributed by atoms with van der Waals surface area (Å²) in [4.78, 5) is 16.4. The number of aromatic nitrogens is 1. The van der Waals surface area contributed by atoms with Crippen molar-refractivity contribution in [3.05, 3.63) is 71.6 Å². The van der Waals surface area contributed by atoms with Crippen LogP contribution in [0.15, 0.2) is 59.0 Å². The van der Waals surface area contributed by atoms with Gasteiger partial charge in [-0.2, -0.15) is 0 Å². The van der Waals surface area contributed by atoms with Gasteiger partial charge in [0.1, 0.15) is 11.5 Å². The molecule has 0 aliphatic heterocycles. The quantitative estimate of drug-likeness (QED) is 0.702. The number of benzene rings is 2. The fraction of sp³-hybridized carbons (Fsp3) is 0.200. The molecular weight excluding hydrogens is 364 g/mol. The molecule has 1 N–H and O–H groups in total. The number of nitrogens with one attached hydrogen (secondary N) is 1. The third-order valence-electron chi connectivity index (χ3n) is 3.96. The molecule has 0 saturated heterocycles. The van der Waals surface area contributed by atoms with Crippen LogP contribution in [0.1, 0.15) is 17.0 Å². The molecule has 3 aromatic rings. The second-order valence-corrected chi connectivity index (χ2v) is 8.40. The van der Waals surface area contributed by atoms with Gasteiger partial charge in [0.25, 0.3) is 0 Å². The van der Waals surface area contributed by atoms with Crippen LogP contribution in [0.4, 0.5) is 5.69 Å². The SMILES string of the molecule is Cc1ccc(NC(=O)CS(=O)(=O)Cc2nc(-c3ccccc3)oc2C)cc1. The molecule has 0 aliphatic carbocycles. The standard InChI is InChI=1S/C20H20N2O4S/c1-14-8-10-17(11-9-14)21-19(23)13-27(24,25)12-18-15(2)26-20(22-18)16-6-4-3-5-7-16/h3-11H,12-13H2,1-2H3,(H,21,23). The van der Waals surface area contributed by atoms with Crippen molar-refractivity contribution >= 4 is 21.4 Å². The van der Waals surface area contributed by atoms with E-state index in [0.29, 0.717) is 23.0 Å². The molecule has 27 heavy (non-hydrogen) atoms. The Morgan fingerprint density at radius 2 is 1.70 bits per heavy atom. The molecule has 6 nitrogen and oxygen atoms in total. The van der Waals surface area contributed by atoms with Crippen molar-refractivity contribution in [3.8, 4) is 11.5 Å². The molecule has 1 heterocycles. The number of rotatable bonds is 6. The molecular formula is C20H20N2O4S. The number of hydrogen-bond donors (Lipinski definition) is 1. The summed E-state index contributed by atoms with van der Waals surface area (Å²) < 4.78 is 30.4. The number of nitrogens with zero attached hydrogens (tertiary/aromatic N) is 1. The predicted molar refractivity (Wildman–Crippen MR) is 104 cm³/mol. The van der Waals surface area contributed by atoms with E-state index in [1.807, 2.05) is 49.4 Å². The lowest BCUT2D eigenvalue weighted by atomic mass is 10.2. The van der Waals surface area contributed by atoms with E-state index < -0.39 is 21.5 Å². The van der Waals surface area contributed by atoms with E-state index in [1.54, 1.807) is 19.1 Å². The van der Waals surface area contributed by atoms with Crippen molar-refractivity contribution in [2.24, 2.45) is 0 Å². The van der Waals surface area contributed by atoms with Gasteiger partial charge < -0.3 is 9.73 Å².